The van der Waals surface area contributed by atoms with Crippen molar-refractivity contribution in [2.24, 2.45) is 0 Å². The second-order valence-corrected chi connectivity index (χ2v) is 8.66. The molecule has 0 bridgehead atoms. The first-order valence-electron chi connectivity index (χ1n) is 8.14. The van der Waals surface area contributed by atoms with Gasteiger partial charge in [0.15, 0.2) is 0 Å². The van der Waals surface area contributed by atoms with Gasteiger partial charge < -0.3 is 4.57 Å². The zero-order valence-corrected chi connectivity index (χ0v) is 16.2. The maximum atomic E-state index is 12.8. The Balaban J connectivity index is 1.79. The molecule has 0 N–H and O–H groups in total. The summed E-state index contributed by atoms with van der Waals surface area (Å²) in [4.78, 5) is 4.60. The molecule has 0 unspecified atom stereocenters. The lowest BCUT2D eigenvalue weighted by Gasteiger charge is -2.18. The molecular formula is C19H20ClN3O2S. The molecule has 1 heterocycles. The van der Waals surface area contributed by atoms with Crippen molar-refractivity contribution >= 4 is 21.6 Å². The average molecular weight is 390 g/mol. The lowest BCUT2D eigenvalue weighted by Crippen LogP contribution is -2.28. The Kier molecular flexibility index (Phi) is 5.46. The van der Waals surface area contributed by atoms with Crippen LogP contribution in [0.5, 0.6) is 0 Å². The molecule has 0 aliphatic rings. The normalized spacial score (nSPS) is 11.8. The van der Waals surface area contributed by atoms with Gasteiger partial charge in [0.25, 0.3) is 0 Å². The summed E-state index contributed by atoms with van der Waals surface area (Å²) in [6, 6.07) is 14.4. The van der Waals surface area contributed by atoms with Gasteiger partial charge in [-0.3, -0.25) is 0 Å². The van der Waals surface area contributed by atoms with Gasteiger partial charge in [-0.2, -0.15) is 4.31 Å². The van der Waals surface area contributed by atoms with E-state index < -0.39 is 10.0 Å². The van der Waals surface area contributed by atoms with E-state index >= 15 is 0 Å². The minimum absolute atomic E-state index is 0.184. The molecule has 5 nitrogen and oxygen atoms in total. The zero-order valence-electron chi connectivity index (χ0n) is 14.6. The average Bonchev–Trinajstić information content (AvgIpc) is 3.02. The van der Waals surface area contributed by atoms with Crippen LogP contribution >= 0.6 is 11.6 Å². The van der Waals surface area contributed by atoms with E-state index in [1.807, 2.05) is 42.0 Å². The molecular weight excluding hydrogens is 370 g/mol. The van der Waals surface area contributed by atoms with Crippen LogP contribution in [0.15, 0.2) is 65.8 Å². The Labute approximate surface area is 158 Å². The van der Waals surface area contributed by atoms with E-state index in [-0.39, 0.29) is 11.4 Å². The fourth-order valence-electron chi connectivity index (χ4n) is 2.64. The molecule has 0 spiro atoms. The first kappa shape index (κ1) is 18.6. The van der Waals surface area contributed by atoms with E-state index in [1.165, 1.54) is 4.31 Å². The van der Waals surface area contributed by atoms with Crippen LogP contribution in [0.25, 0.3) is 0 Å². The highest BCUT2D eigenvalue weighted by Gasteiger charge is 2.22. The number of hydrogen-bond acceptors (Lipinski definition) is 3. The van der Waals surface area contributed by atoms with E-state index in [0.29, 0.717) is 17.4 Å². The van der Waals surface area contributed by atoms with Crippen LogP contribution in [-0.4, -0.2) is 29.3 Å². The molecule has 1 aromatic heterocycles. The fourth-order valence-corrected chi connectivity index (χ4v) is 3.98. The smallest absolute Gasteiger partial charge is 0.243 e. The van der Waals surface area contributed by atoms with Crippen LogP contribution in [0.3, 0.4) is 0 Å². The number of nitrogens with zero attached hydrogens (tertiary/aromatic N) is 3. The van der Waals surface area contributed by atoms with Crippen LogP contribution in [0.1, 0.15) is 17.0 Å². The predicted molar refractivity (Wildman–Crippen MR) is 103 cm³/mol. The molecule has 0 saturated heterocycles. The van der Waals surface area contributed by atoms with Gasteiger partial charge in [0, 0.05) is 31.0 Å². The molecule has 3 aromatic rings. The quantitative estimate of drug-likeness (QED) is 0.645. The fraction of sp³-hybridized carbons (Fsp3) is 0.211. The summed E-state index contributed by atoms with van der Waals surface area (Å²) in [6.45, 7) is 2.69. The minimum Gasteiger partial charge on any atom is -0.329 e. The summed E-state index contributed by atoms with van der Waals surface area (Å²) in [6.07, 6.45) is 3.51. The van der Waals surface area contributed by atoms with Gasteiger partial charge in [-0.1, -0.05) is 41.4 Å². The van der Waals surface area contributed by atoms with Crippen LogP contribution < -0.4 is 0 Å². The van der Waals surface area contributed by atoms with E-state index in [0.717, 1.165) is 11.1 Å². The van der Waals surface area contributed by atoms with E-state index in [9.17, 15) is 8.42 Å². The van der Waals surface area contributed by atoms with Crippen molar-refractivity contribution in [3.05, 3.63) is 82.9 Å². The number of imidazole rings is 1. The third kappa shape index (κ3) is 4.15. The second-order valence-electron chi connectivity index (χ2n) is 6.18. The van der Waals surface area contributed by atoms with Crippen molar-refractivity contribution in [1.82, 2.24) is 13.9 Å². The summed E-state index contributed by atoms with van der Waals surface area (Å²) < 4.78 is 28.7. The van der Waals surface area contributed by atoms with Crippen molar-refractivity contribution < 1.29 is 8.42 Å². The third-order valence-electron chi connectivity index (χ3n) is 4.14. The molecule has 0 radical (unpaired) electrons. The highest BCUT2D eigenvalue weighted by Crippen LogP contribution is 2.18. The highest BCUT2D eigenvalue weighted by molar-refractivity contribution is 7.89. The summed E-state index contributed by atoms with van der Waals surface area (Å²) >= 11 is 6.04. The molecule has 0 amide bonds. The number of aryl methyl sites for hydroxylation is 1. The van der Waals surface area contributed by atoms with Crippen molar-refractivity contribution in [2.45, 2.75) is 24.9 Å². The largest absolute Gasteiger partial charge is 0.329 e. The Hall–Kier alpha value is -2.15. The summed E-state index contributed by atoms with van der Waals surface area (Å²) in [5, 5.41) is 0.670. The number of sulfonamides is 1. The van der Waals surface area contributed by atoms with Crippen LogP contribution in [0.2, 0.25) is 5.02 Å². The molecule has 136 valence electrons. The monoisotopic (exact) mass is 389 g/mol. The maximum absolute atomic E-state index is 12.8. The Bertz CT molecular complexity index is 998. The second kappa shape index (κ2) is 7.61. The number of benzene rings is 2. The van der Waals surface area contributed by atoms with Crippen LogP contribution in [0.4, 0.5) is 0 Å². The zero-order chi connectivity index (χ0) is 18.7. The molecule has 2 aromatic carbocycles. The molecule has 26 heavy (non-hydrogen) atoms. The SMILES string of the molecule is Cc1ccc(S(=O)(=O)N(C)Cc2nccn2Cc2cccc(Cl)c2)cc1. The van der Waals surface area contributed by atoms with Gasteiger partial charge in [0.2, 0.25) is 10.0 Å². The lowest BCUT2D eigenvalue weighted by atomic mass is 10.2. The van der Waals surface area contributed by atoms with Gasteiger partial charge >= 0.3 is 0 Å². The molecule has 0 saturated carbocycles. The molecule has 3 rings (SSSR count). The number of halogens is 1. The number of rotatable bonds is 6. The summed E-state index contributed by atoms with van der Waals surface area (Å²) in [7, 11) is -2.01. The molecule has 0 aliphatic carbocycles. The lowest BCUT2D eigenvalue weighted by molar-refractivity contribution is 0.448. The van der Waals surface area contributed by atoms with E-state index in [4.69, 9.17) is 11.6 Å². The first-order chi connectivity index (χ1) is 12.4. The molecule has 0 aliphatic heterocycles. The van der Waals surface area contributed by atoms with Crippen LogP contribution in [0, 0.1) is 6.92 Å². The Morgan fingerprint density at radius 2 is 1.88 bits per heavy atom. The van der Waals surface area contributed by atoms with Crippen molar-refractivity contribution in [1.29, 1.82) is 0 Å². The number of hydrogen-bond donors (Lipinski definition) is 0. The number of aromatic nitrogens is 2. The van der Waals surface area contributed by atoms with Crippen molar-refractivity contribution in [3.8, 4) is 0 Å². The Morgan fingerprint density at radius 1 is 1.15 bits per heavy atom. The topological polar surface area (TPSA) is 55.2 Å². The van der Waals surface area contributed by atoms with Crippen LogP contribution in [-0.2, 0) is 23.1 Å². The first-order valence-corrected chi connectivity index (χ1v) is 9.95. The Morgan fingerprint density at radius 3 is 2.58 bits per heavy atom. The van der Waals surface area contributed by atoms with Gasteiger partial charge in [-0.05, 0) is 36.8 Å². The van der Waals surface area contributed by atoms with Gasteiger partial charge in [0.1, 0.15) is 5.82 Å². The summed E-state index contributed by atoms with van der Waals surface area (Å²) in [5.41, 5.74) is 2.05. The van der Waals surface area contributed by atoms with Gasteiger partial charge in [-0.25, -0.2) is 13.4 Å². The highest BCUT2D eigenvalue weighted by atomic mass is 35.5. The van der Waals surface area contributed by atoms with E-state index in [1.54, 1.807) is 37.5 Å². The molecule has 7 heteroatoms. The standard InChI is InChI=1S/C19H20ClN3O2S/c1-15-6-8-18(9-7-15)26(24,25)22(2)14-19-21-10-11-23(19)13-16-4-3-5-17(20)12-16/h3-12H,13-14H2,1-2H3. The molecule has 0 atom stereocenters. The van der Waals surface area contributed by atoms with Gasteiger partial charge in [0.05, 0.1) is 11.4 Å². The minimum atomic E-state index is -3.57. The van der Waals surface area contributed by atoms with E-state index in [2.05, 4.69) is 4.98 Å². The van der Waals surface area contributed by atoms with Crippen molar-refractivity contribution in [3.63, 3.8) is 0 Å². The molecule has 0 fully saturated rings. The maximum Gasteiger partial charge on any atom is 0.243 e. The predicted octanol–water partition coefficient (Wildman–Crippen LogP) is 3.71. The summed E-state index contributed by atoms with van der Waals surface area (Å²) in [5.74, 6) is 0.670. The van der Waals surface area contributed by atoms with Crippen molar-refractivity contribution in [2.75, 3.05) is 7.05 Å². The van der Waals surface area contributed by atoms with Gasteiger partial charge in [-0.15, -0.1) is 0 Å². The third-order valence-corrected chi connectivity index (χ3v) is 6.19.